The monoisotopic (exact) mass is 365 g/mol. The van der Waals surface area contributed by atoms with Gasteiger partial charge in [0.25, 0.3) is 0 Å². The van der Waals surface area contributed by atoms with Gasteiger partial charge in [0.1, 0.15) is 5.78 Å². The van der Waals surface area contributed by atoms with E-state index in [2.05, 4.69) is 0 Å². The third-order valence-electron chi connectivity index (χ3n) is 4.23. The first kappa shape index (κ1) is 16.3. The summed E-state index contributed by atoms with van der Waals surface area (Å²) in [4.78, 5) is 46.9. The van der Waals surface area contributed by atoms with E-state index >= 15 is 0 Å². The van der Waals surface area contributed by atoms with Gasteiger partial charge in [-0.25, -0.2) is 25.1 Å². The summed E-state index contributed by atoms with van der Waals surface area (Å²) in [6, 6.07) is -0.889. The van der Waals surface area contributed by atoms with Crippen LogP contribution in [0.3, 0.4) is 0 Å². The number of allylic oxidation sites excluding steroid dienone is 2. The van der Waals surface area contributed by atoms with Gasteiger partial charge in [-0.2, -0.15) is 0 Å². The Kier molecular flexibility index (Phi) is 4.35. The van der Waals surface area contributed by atoms with Crippen molar-refractivity contribution in [1.29, 1.82) is 0 Å². The second kappa shape index (κ2) is 5.61. The average Bonchev–Trinajstić information content (AvgIpc) is 2.69. The first-order valence-corrected chi connectivity index (χ1v) is 6.50. The third-order valence-corrected chi connectivity index (χ3v) is 4.23. The van der Waals surface area contributed by atoms with Gasteiger partial charge >= 0.3 is 11.4 Å². The van der Waals surface area contributed by atoms with Crippen LogP contribution >= 0.6 is 0 Å². The zero-order chi connectivity index (χ0) is 14.5. The van der Waals surface area contributed by atoms with Crippen molar-refractivity contribution in [2.75, 3.05) is 0 Å². The summed E-state index contributed by atoms with van der Waals surface area (Å²) in [6.07, 6.45) is 6.80. The fraction of sp³-hybridized carbons (Fsp3) is 0.538. The Labute approximate surface area is 145 Å². The van der Waals surface area contributed by atoms with Crippen molar-refractivity contribution in [3.8, 4) is 0 Å². The molecule has 1 aromatic heterocycles. The van der Waals surface area contributed by atoms with E-state index < -0.39 is 23.0 Å². The van der Waals surface area contributed by atoms with Gasteiger partial charge in [0.2, 0.25) is 0 Å². The second-order valence-corrected chi connectivity index (χ2v) is 5.34. The van der Waals surface area contributed by atoms with Crippen molar-refractivity contribution in [2.24, 2.45) is 7.05 Å². The molecule has 1 radical (unpaired) electrons. The number of carbonyl (C=O) groups is 1. The second-order valence-electron chi connectivity index (χ2n) is 5.34. The van der Waals surface area contributed by atoms with Gasteiger partial charge in [0, 0.05) is 52.6 Å². The molecule has 1 aliphatic heterocycles. The number of carbonyl (C=O) groups excluding carboxylic acids is 2. The van der Waals surface area contributed by atoms with Crippen LogP contribution in [0.15, 0.2) is 21.7 Å². The molecule has 0 bridgehead atoms. The molecule has 2 heterocycles. The predicted molar refractivity (Wildman–Crippen MR) is 69.3 cm³/mol. The minimum absolute atomic E-state index is 0. The molecule has 2 aliphatic rings. The van der Waals surface area contributed by atoms with Crippen molar-refractivity contribution in [3.63, 3.8) is 0 Å². The van der Waals surface area contributed by atoms with E-state index in [-0.39, 0.29) is 38.5 Å². The van der Waals surface area contributed by atoms with Crippen molar-refractivity contribution in [3.05, 3.63) is 33.1 Å². The zero-order valence-corrected chi connectivity index (χ0v) is 14.5. The number of fused-ring (bicyclic) bond motifs is 2. The third kappa shape index (κ3) is 2.26. The van der Waals surface area contributed by atoms with Crippen LogP contribution in [0, 0.1) is 0 Å². The largest absolute Gasteiger partial charge is 0.539 e. The van der Waals surface area contributed by atoms with Gasteiger partial charge in [0.05, 0.1) is 5.54 Å². The topological polar surface area (TPSA) is 83.1 Å². The molecule has 1 atom stereocenters. The van der Waals surface area contributed by atoms with E-state index in [1.165, 1.54) is 11.7 Å². The first-order chi connectivity index (χ1) is 9.50. The molecule has 1 saturated carbocycles. The van der Waals surface area contributed by atoms with Gasteiger partial charge < -0.3 is 4.79 Å². The summed E-state index contributed by atoms with van der Waals surface area (Å²) >= 11 is 0. The van der Waals surface area contributed by atoms with Crippen LogP contribution in [0.25, 0.3) is 0 Å². The Morgan fingerprint density at radius 2 is 1.81 bits per heavy atom. The molecule has 3 rings (SSSR count). The summed E-state index contributed by atoms with van der Waals surface area (Å²) in [6.45, 7) is 0. The smallest absolute Gasteiger partial charge is 0.347 e. The SMILES string of the molecule is Cn1c(=O)n2n(c1=O)C1(C=CC2[C-]=O)CCC(=O)CC1.[Y]. The van der Waals surface area contributed by atoms with Crippen LogP contribution in [0.4, 0.5) is 0 Å². The molecule has 21 heavy (non-hydrogen) atoms. The number of hydrogen-bond donors (Lipinski definition) is 0. The predicted octanol–water partition coefficient (Wildman–Crippen LogP) is -0.595. The van der Waals surface area contributed by atoms with E-state index in [0.29, 0.717) is 25.7 Å². The van der Waals surface area contributed by atoms with Crippen LogP contribution in [-0.4, -0.2) is 26.0 Å². The first-order valence-electron chi connectivity index (χ1n) is 6.50. The molecule has 1 aliphatic carbocycles. The van der Waals surface area contributed by atoms with Crippen molar-refractivity contribution < 1.29 is 42.3 Å². The minimum atomic E-state index is -0.889. The van der Waals surface area contributed by atoms with E-state index in [1.54, 1.807) is 18.4 Å². The van der Waals surface area contributed by atoms with E-state index in [4.69, 9.17) is 0 Å². The number of hydrogen-bond acceptors (Lipinski definition) is 4. The van der Waals surface area contributed by atoms with Gasteiger partial charge in [-0.15, -0.1) is 0 Å². The van der Waals surface area contributed by atoms with E-state index in [9.17, 15) is 19.2 Å². The zero-order valence-electron chi connectivity index (χ0n) is 11.6. The number of nitrogens with zero attached hydrogens (tertiary/aromatic N) is 3. The maximum Gasteiger partial charge on any atom is 0.347 e. The Balaban J connectivity index is 0.00000161. The molecule has 1 fully saturated rings. The fourth-order valence-electron chi connectivity index (χ4n) is 3.06. The number of aromatic nitrogens is 3. The molecule has 7 nitrogen and oxygen atoms in total. The number of Topliss-reactive ketones (excluding diaryl/α,β-unsaturated/α-hetero) is 1. The standard InChI is InChI=1S/C13H14N3O4.Y/c1-14-11(19)15-9(8-17)2-5-13(16(15)12(14)20)6-3-10(18)4-7-13;/h2,5,9H,3-4,6-7H2,1H3;/q-1;. The molecule has 0 N–H and O–H groups in total. The van der Waals surface area contributed by atoms with Gasteiger partial charge in [-0.1, -0.05) is 12.2 Å². The van der Waals surface area contributed by atoms with Crippen LogP contribution < -0.4 is 11.4 Å². The molecule has 0 aromatic carbocycles. The number of ketones is 1. The Bertz CT molecular complexity index is 730. The normalized spacial score (nSPS) is 22.7. The molecule has 8 heteroatoms. The van der Waals surface area contributed by atoms with Crippen molar-refractivity contribution in [2.45, 2.75) is 37.3 Å². The van der Waals surface area contributed by atoms with Crippen LogP contribution in [0.1, 0.15) is 31.7 Å². The molecular formula is C13H14N3O4Y-. The molecule has 1 spiro atoms. The quantitative estimate of drug-likeness (QED) is 0.492. The number of rotatable bonds is 1. The fourth-order valence-corrected chi connectivity index (χ4v) is 3.06. The van der Waals surface area contributed by atoms with Crippen LogP contribution in [0.5, 0.6) is 0 Å². The molecule has 0 amide bonds. The van der Waals surface area contributed by atoms with Gasteiger partial charge in [0.15, 0.2) is 0 Å². The van der Waals surface area contributed by atoms with E-state index in [1.807, 2.05) is 0 Å². The maximum absolute atomic E-state index is 12.3. The van der Waals surface area contributed by atoms with Gasteiger partial charge in [-0.3, -0.25) is 9.48 Å². The average molecular weight is 365 g/mol. The van der Waals surface area contributed by atoms with Crippen molar-refractivity contribution >= 4 is 12.1 Å². The molecule has 0 saturated heterocycles. The van der Waals surface area contributed by atoms with E-state index in [0.717, 1.165) is 9.25 Å². The van der Waals surface area contributed by atoms with Gasteiger partial charge in [-0.05, 0) is 18.9 Å². The van der Waals surface area contributed by atoms with Crippen molar-refractivity contribution in [1.82, 2.24) is 13.9 Å². The minimum Gasteiger partial charge on any atom is -0.539 e. The summed E-state index contributed by atoms with van der Waals surface area (Å²) in [7, 11) is 1.38. The Hall–Kier alpha value is -1.08. The summed E-state index contributed by atoms with van der Waals surface area (Å²) in [5.41, 5.74) is -1.68. The molecule has 1 aromatic rings. The van der Waals surface area contributed by atoms with Crippen LogP contribution in [0.2, 0.25) is 0 Å². The Morgan fingerprint density at radius 1 is 1.19 bits per heavy atom. The Morgan fingerprint density at radius 3 is 2.38 bits per heavy atom. The van der Waals surface area contributed by atoms with Crippen LogP contribution in [-0.2, 0) is 54.9 Å². The summed E-state index contributed by atoms with van der Waals surface area (Å²) < 4.78 is 3.46. The maximum atomic E-state index is 12.3. The molecular weight excluding hydrogens is 351 g/mol. The summed E-state index contributed by atoms with van der Waals surface area (Å²) in [5.74, 6) is 0.158. The summed E-state index contributed by atoms with van der Waals surface area (Å²) in [5, 5.41) is 0. The molecule has 1 unspecified atom stereocenters. The molecule has 109 valence electrons.